The van der Waals surface area contributed by atoms with Gasteiger partial charge in [-0.15, -0.1) is 5.10 Å². The van der Waals surface area contributed by atoms with Crippen molar-refractivity contribution in [1.29, 1.82) is 0 Å². The molecule has 1 saturated carbocycles. The van der Waals surface area contributed by atoms with Crippen molar-refractivity contribution in [3.8, 4) is 0 Å². The second kappa shape index (κ2) is 13.9. The molecule has 162 valence electrons. The average molecular weight is 401 g/mol. The summed E-state index contributed by atoms with van der Waals surface area (Å²) in [6.45, 7) is 15.6. The topological polar surface area (TPSA) is 57.1 Å². The maximum absolute atomic E-state index is 10.2. The highest BCUT2D eigenvalue weighted by Gasteiger charge is 2.30. The number of carbonyl (C=O) groups excluding carboxylic acids is 1. The van der Waals surface area contributed by atoms with Gasteiger partial charge < -0.3 is 10.2 Å². The number of para-hydroxylation sites is 1. The van der Waals surface area contributed by atoms with E-state index in [1.165, 1.54) is 37.7 Å². The Morgan fingerprint density at radius 2 is 1.97 bits per heavy atom. The summed E-state index contributed by atoms with van der Waals surface area (Å²) in [5.74, 6) is 2.32. The van der Waals surface area contributed by atoms with Crippen molar-refractivity contribution in [2.45, 2.75) is 85.1 Å². The molecule has 0 heterocycles. The minimum atomic E-state index is 0.439. The van der Waals surface area contributed by atoms with Gasteiger partial charge in [0.2, 0.25) is 6.41 Å². The molecular weight excluding hydrogens is 360 g/mol. The lowest BCUT2D eigenvalue weighted by atomic mass is 10.0. The molecule has 29 heavy (non-hydrogen) atoms. The molecule has 0 atom stereocenters. The summed E-state index contributed by atoms with van der Waals surface area (Å²) >= 11 is 0. The Morgan fingerprint density at radius 1 is 1.28 bits per heavy atom. The van der Waals surface area contributed by atoms with E-state index in [0.717, 1.165) is 36.4 Å². The predicted octanol–water partition coefficient (Wildman–Crippen LogP) is 6.08. The lowest BCUT2D eigenvalue weighted by Crippen LogP contribution is -2.34. The number of nitrogens with one attached hydrogen (secondary N) is 1. The van der Waals surface area contributed by atoms with Gasteiger partial charge in [-0.2, -0.15) is 5.10 Å². The first kappa shape index (κ1) is 24.9. The summed E-state index contributed by atoms with van der Waals surface area (Å²) in [5.41, 5.74) is 2.08. The first-order valence-corrected chi connectivity index (χ1v) is 11.0. The molecule has 1 aliphatic carbocycles. The van der Waals surface area contributed by atoms with Crippen molar-refractivity contribution in [1.82, 2.24) is 4.90 Å². The van der Waals surface area contributed by atoms with Crippen LogP contribution >= 0.6 is 0 Å². The second-order valence-corrected chi connectivity index (χ2v) is 8.37. The summed E-state index contributed by atoms with van der Waals surface area (Å²) in [7, 11) is 0. The molecule has 0 aliphatic heterocycles. The van der Waals surface area contributed by atoms with Crippen molar-refractivity contribution in [3.63, 3.8) is 0 Å². The Balaban J connectivity index is 0.000000308. The Bertz CT molecular complexity index is 636. The van der Waals surface area contributed by atoms with Gasteiger partial charge in [0.1, 0.15) is 5.84 Å². The van der Waals surface area contributed by atoms with E-state index in [-0.39, 0.29) is 0 Å². The van der Waals surface area contributed by atoms with E-state index in [1.807, 2.05) is 24.3 Å². The molecule has 1 aromatic carbocycles. The Kier molecular flexibility index (Phi) is 11.9. The van der Waals surface area contributed by atoms with Gasteiger partial charge >= 0.3 is 0 Å². The SMILES string of the molecule is C=N/N=C(/CCC(C)C)N(CCCC)C1CC1.CC(C)c1ccccc1NC=O. The molecule has 5 nitrogen and oxygen atoms in total. The zero-order valence-electron chi connectivity index (χ0n) is 19.0. The number of nitrogens with zero attached hydrogens (tertiary/aromatic N) is 3. The molecule has 1 fully saturated rings. The lowest BCUT2D eigenvalue weighted by molar-refractivity contribution is -0.105. The molecule has 1 aliphatic rings. The van der Waals surface area contributed by atoms with Crippen LogP contribution in [0.1, 0.15) is 84.6 Å². The van der Waals surface area contributed by atoms with E-state index in [9.17, 15) is 4.79 Å². The fourth-order valence-electron chi connectivity index (χ4n) is 3.18. The van der Waals surface area contributed by atoms with E-state index >= 15 is 0 Å². The zero-order valence-corrected chi connectivity index (χ0v) is 19.0. The van der Waals surface area contributed by atoms with Crippen LogP contribution in [0.4, 0.5) is 5.69 Å². The highest BCUT2D eigenvalue weighted by Crippen LogP contribution is 2.29. The Morgan fingerprint density at radius 3 is 2.48 bits per heavy atom. The smallest absolute Gasteiger partial charge is 0.211 e. The van der Waals surface area contributed by atoms with Gasteiger partial charge in [-0.05, 0) is 49.1 Å². The van der Waals surface area contributed by atoms with Crippen LogP contribution in [0, 0.1) is 5.92 Å². The largest absolute Gasteiger partial charge is 0.356 e. The molecule has 0 saturated heterocycles. The number of carbonyl (C=O) groups is 1. The van der Waals surface area contributed by atoms with E-state index < -0.39 is 0 Å². The quantitative estimate of drug-likeness (QED) is 0.212. The second-order valence-electron chi connectivity index (χ2n) is 8.37. The van der Waals surface area contributed by atoms with Gasteiger partial charge in [-0.1, -0.05) is 59.2 Å². The maximum atomic E-state index is 10.2. The summed E-state index contributed by atoms with van der Waals surface area (Å²) in [5, 5.41) is 10.7. The fourth-order valence-corrected chi connectivity index (χ4v) is 3.18. The molecule has 2 rings (SSSR count). The minimum Gasteiger partial charge on any atom is -0.356 e. The van der Waals surface area contributed by atoms with Gasteiger partial charge in [0, 0.05) is 31.4 Å². The number of unbranched alkanes of at least 4 members (excludes halogenated alkanes) is 1. The normalized spacial score (nSPS) is 13.7. The van der Waals surface area contributed by atoms with E-state index in [4.69, 9.17) is 0 Å². The van der Waals surface area contributed by atoms with Crippen LogP contribution in [-0.2, 0) is 4.79 Å². The third-order valence-corrected chi connectivity index (χ3v) is 5.00. The predicted molar refractivity (Wildman–Crippen MR) is 126 cm³/mol. The number of hydrogen-bond donors (Lipinski definition) is 1. The van der Waals surface area contributed by atoms with Crippen LogP contribution in [0.5, 0.6) is 0 Å². The van der Waals surface area contributed by atoms with Crippen LogP contribution in [0.25, 0.3) is 0 Å². The molecule has 1 amide bonds. The number of hydrogen-bond acceptors (Lipinski definition) is 3. The number of rotatable bonds is 11. The summed E-state index contributed by atoms with van der Waals surface area (Å²) in [4.78, 5) is 12.7. The van der Waals surface area contributed by atoms with E-state index in [1.54, 1.807) is 0 Å². The highest BCUT2D eigenvalue weighted by molar-refractivity contribution is 5.83. The van der Waals surface area contributed by atoms with E-state index in [2.05, 4.69) is 61.8 Å². The lowest BCUT2D eigenvalue weighted by Gasteiger charge is -2.25. The fraction of sp³-hybridized carbons (Fsp3) is 0.625. The van der Waals surface area contributed by atoms with E-state index in [0.29, 0.717) is 12.3 Å². The van der Waals surface area contributed by atoms with Gasteiger partial charge in [0.05, 0.1) is 0 Å². The summed E-state index contributed by atoms with van der Waals surface area (Å²) in [6, 6.07) is 8.55. The van der Waals surface area contributed by atoms with Gasteiger partial charge in [0.25, 0.3) is 0 Å². The molecule has 5 heteroatoms. The van der Waals surface area contributed by atoms with Crippen molar-refractivity contribution >= 4 is 24.7 Å². The minimum absolute atomic E-state index is 0.439. The van der Waals surface area contributed by atoms with Crippen LogP contribution in [-0.4, -0.2) is 36.4 Å². The summed E-state index contributed by atoms with van der Waals surface area (Å²) < 4.78 is 0. The monoisotopic (exact) mass is 400 g/mol. The highest BCUT2D eigenvalue weighted by atomic mass is 16.1. The molecule has 0 radical (unpaired) electrons. The van der Waals surface area contributed by atoms with Crippen molar-refractivity contribution < 1.29 is 4.79 Å². The Hall–Kier alpha value is -2.17. The number of amidine groups is 1. The molecule has 1 N–H and O–H groups in total. The third-order valence-electron chi connectivity index (χ3n) is 5.00. The maximum Gasteiger partial charge on any atom is 0.211 e. The number of anilines is 1. The molecule has 0 bridgehead atoms. The van der Waals surface area contributed by atoms with Crippen molar-refractivity contribution in [2.24, 2.45) is 16.1 Å². The van der Waals surface area contributed by atoms with Gasteiger partial charge in [-0.3, -0.25) is 4.79 Å². The molecule has 0 unspecified atom stereocenters. The first-order chi connectivity index (χ1) is 13.9. The van der Waals surface area contributed by atoms with Crippen LogP contribution in [0.3, 0.4) is 0 Å². The molecule has 0 aromatic heterocycles. The van der Waals surface area contributed by atoms with Crippen molar-refractivity contribution in [2.75, 3.05) is 11.9 Å². The molecule has 1 aromatic rings. The molecular formula is C24H40N4O. The first-order valence-electron chi connectivity index (χ1n) is 11.0. The number of amides is 1. The van der Waals surface area contributed by atoms with Crippen LogP contribution < -0.4 is 5.32 Å². The Labute approximate surface area is 177 Å². The molecule has 0 spiro atoms. The van der Waals surface area contributed by atoms with Gasteiger partial charge in [-0.25, -0.2) is 0 Å². The number of benzene rings is 1. The van der Waals surface area contributed by atoms with Crippen molar-refractivity contribution in [3.05, 3.63) is 29.8 Å². The van der Waals surface area contributed by atoms with Crippen LogP contribution in [0.2, 0.25) is 0 Å². The van der Waals surface area contributed by atoms with Gasteiger partial charge in [0.15, 0.2) is 0 Å². The summed E-state index contributed by atoms with van der Waals surface area (Å²) in [6.07, 6.45) is 8.06. The third kappa shape index (κ3) is 9.73. The zero-order chi connectivity index (χ0) is 21.6. The average Bonchev–Trinajstić information content (AvgIpc) is 3.52. The van der Waals surface area contributed by atoms with Crippen LogP contribution in [0.15, 0.2) is 34.5 Å². The standard InChI is InChI=1S/C14H27N3.C10H13NO/c1-5-6-11-17(13-8-9-13)14(16-15-4)10-7-12(2)3;1-8(2)9-5-3-4-6-10(9)11-7-12/h12-13H,4-11H2,1-3H3;3-8H,1-2H3,(H,11,12)/b16-14-;.